The zero-order valence-corrected chi connectivity index (χ0v) is 27.1. The third-order valence-corrected chi connectivity index (χ3v) is 6.68. The van der Waals surface area contributed by atoms with Crippen molar-refractivity contribution in [3.05, 3.63) is 35.9 Å². The Balaban J connectivity index is 3.03. The van der Waals surface area contributed by atoms with Gasteiger partial charge in [-0.15, -0.1) is 0 Å². The molecule has 15 N–H and O–H groups in total. The minimum Gasteiger partial charge on any atom is -0.481 e. The van der Waals surface area contributed by atoms with Crippen molar-refractivity contribution in [3.63, 3.8) is 0 Å². The number of carbonyl (C=O) groups is 9. The molecule has 0 aliphatic carbocycles. The van der Waals surface area contributed by atoms with Gasteiger partial charge in [-0.1, -0.05) is 30.3 Å². The summed E-state index contributed by atoms with van der Waals surface area (Å²) in [5.41, 5.74) is 16.7. The third kappa shape index (κ3) is 17.6. The van der Waals surface area contributed by atoms with E-state index in [2.05, 4.69) is 26.3 Å². The summed E-state index contributed by atoms with van der Waals surface area (Å²) in [6.45, 7) is -0.778. The fraction of sp³-hybridized carbons (Fsp3) is 0.448. The van der Waals surface area contributed by atoms with Gasteiger partial charge in [0.05, 0.1) is 31.8 Å². The van der Waals surface area contributed by atoms with Gasteiger partial charge in [0.1, 0.15) is 24.2 Å². The zero-order valence-electron chi connectivity index (χ0n) is 27.1. The largest absolute Gasteiger partial charge is 0.481 e. The second kappa shape index (κ2) is 21.6. The molecule has 5 amide bonds. The van der Waals surface area contributed by atoms with Crippen LogP contribution in [0.2, 0.25) is 0 Å². The maximum absolute atomic E-state index is 13.2. The number of carboxylic acid groups (broad SMARTS) is 4. The van der Waals surface area contributed by atoms with Gasteiger partial charge in [-0.3, -0.25) is 43.3 Å². The summed E-state index contributed by atoms with van der Waals surface area (Å²) in [5, 5.41) is 47.4. The van der Waals surface area contributed by atoms with Crippen LogP contribution in [0.25, 0.3) is 0 Å². The van der Waals surface area contributed by atoms with Gasteiger partial charge in [0.15, 0.2) is 5.96 Å². The Morgan fingerprint density at radius 3 is 1.67 bits per heavy atom. The number of aliphatic carboxylic acids is 4. The Morgan fingerprint density at radius 1 is 0.647 bits per heavy atom. The highest BCUT2D eigenvalue weighted by molar-refractivity contribution is 5.97. The highest BCUT2D eigenvalue weighted by Crippen LogP contribution is 2.07. The molecular weight excluding hydrogens is 682 g/mol. The van der Waals surface area contributed by atoms with E-state index in [1.54, 1.807) is 30.3 Å². The normalized spacial score (nSPS) is 13.4. The molecule has 5 atom stereocenters. The Bertz CT molecular complexity index is 1470. The van der Waals surface area contributed by atoms with Crippen LogP contribution in [0.3, 0.4) is 0 Å². The van der Waals surface area contributed by atoms with Crippen molar-refractivity contribution in [3.8, 4) is 0 Å². The van der Waals surface area contributed by atoms with Crippen LogP contribution in [0.15, 0.2) is 35.3 Å². The number of hydrogen-bond donors (Lipinski definition) is 12. The summed E-state index contributed by atoms with van der Waals surface area (Å²) in [7, 11) is 0. The van der Waals surface area contributed by atoms with Gasteiger partial charge in [-0.05, 0) is 18.4 Å². The SMILES string of the molecule is NC(N)=NCCC[C@H](N)C(=O)N[C@@H](CC(=O)O)C(=O)NCC(=O)N[C@@H](CC(=O)O)C(=O)N[C@@H](Cc1ccccc1)C(=O)N[C@@H](CC(=O)O)C(=O)O. The Labute approximate surface area is 289 Å². The predicted molar refractivity (Wildman–Crippen MR) is 173 cm³/mol. The lowest BCUT2D eigenvalue weighted by Gasteiger charge is -2.24. The lowest BCUT2D eigenvalue weighted by molar-refractivity contribution is -0.147. The molecule has 0 heterocycles. The van der Waals surface area contributed by atoms with E-state index in [-0.39, 0.29) is 31.8 Å². The molecule has 22 heteroatoms. The average Bonchev–Trinajstić information content (AvgIpc) is 3.03. The van der Waals surface area contributed by atoms with Crippen LogP contribution in [0, 0.1) is 0 Å². The molecule has 1 aromatic carbocycles. The smallest absolute Gasteiger partial charge is 0.326 e. The number of benzene rings is 1. The van der Waals surface area contributed by atoms with Crippen molar-refractivity contribution < 1.29 is 63.6 Å². The quantitative estimate of drug-likeness (QED) is 0.0286. The average molecular weight is 724 g/mol. The van der Waals surface area contributed by atoms with Gasteiger partial charge in [-0.2, -0.15) is 0 Å². The molecule has 280 valence electrons. The van der Waals surface area contributed by atoms with Crippen LogP contribution in [0.4, 0.5) is 0 Å². The number of nitrogens with zero attached hydrogens (tertiary/aromatic N) is 1. The summed E-state index contributed by atoms with van der Waals surface area (Å²) in [6.07, 6.45) is -2.86. The lowest BCUT2D eigenvalue weighted by Crippen LogP contribution is -2.58. The van der Waals surface area contributed by atoms with E-state index in [0.29, 0.717) is 5.56 Å². The molecule has 0 unspecified atom stereocenters. The standard InChI is InChI=1S/C29H41N9O13/c30-15(7-4-8-33-29(31)32)24(46)36-17(10-21(40)41)25(47)34-13-20(39)35-18(11-22(42)43)27(49)37-16(9-14-5-2-1-3-6-14)26(48)38-19(28(50)51)12-23(44)45/h1-3,5-6,15-19H,4,7-13,30H2,(H,34,47)(H,35,39)(H,36,46)(H,37,49)(H,38,48)(H,40,41)(H,42,43)(H,44,45)(H,50,51)(H4,31,32,33)/t15-,16-,17-,18-,19-/m0/s1. The molecule has 1 aromatic rings. The van der Waals surface area contributed by atoms with Crippen LogP contribution < -0.4 is 43.8 Å². The highest BCUT2D eigenvalue weighted by Gasteiger charge is 2.32. The van der Waals surface area contributed by atoms with Crippen LogP contribution in [-0.2, 0) is 49.6 Å². The van der Waals surface area contributed by atoms with Gasteiger partial charge < -0.3 is 64.2 Å². The highest BCUT2D eigenvalue weighted by atomic mass is 16.4. The molecule has 0 saturated carbocycles. The van der Waals surface area contributed by atoms with Crippen molar-refractivity contribution in [1.29, 1.82) is 0 Å². The van der Waals surface area contributed by atoms with Crippen molar-refractivity contribution in [2.24, 2.45) is 22.2 Å². The first-order chi connectivity index (χ1) is 23.9. The fourth-order valence-electron chi connectivity index (χ4n) is 4.21. The van der Waals surface area contributed by atoms with E-state index >= 15 is 0 Å². The molecule has 1 rings (SSSR count). The summed E-state index contributed by atoms with van der Waals surface area (Å²) in [4.78, 5) is 113. The monoisotopic (exact) mass is 723 g/mol. The number of guanidine groups is 1. The van der Waals surface area contributed by atoms with Crippen LogP contribution in [0.1, 0.15) is 37.7 Å². The number of rotatable bonds is 23. The van der Waals surface area contributed by atoms with Crippen molar-refractivity contribution in [2.45, 2.75) is 68.7 Å². The summed E-state index contributed by atoms with van der Waals surface area (Å²) in [6, 6.07) is -0.258. The van der Waals surface area contributed by atoms with E-state index in [4.69, 9.17) is 22.3 Å². The number of carbonyl (C=O) groups excluding carboxylic acids is 5. The number of nitrogens with one attached hydrogen (secondary N) is 5. The van der Waals surface area contributed by atoms with Crippen LogP contribution in [0.5, 0.6) is 0 Å². The minimum atomic E-state index is -1.88. The number of carboxylic acids is 4. The van der Waals surface area contributed by atoms with Crippen molar-refractivity contribution >= 4 is 59.4 Å². The second-order valence-corrected chi connectivity index (χ2v) is 10.9. The summed E-state index contributed by atoms with van der Waals surface area (Å²) in [5.74, 6) is -12.0. The minimum absolute atomic E-state index is 0.0653. The lowest BCUT2D eigenvalue weighted by atomic mass is 10.0. The Morgan fingerprint density at radius 2 is 1.14 bits per heavy atom. The molecule has 0 saturated heterocycles. The maximum Gasteiger partial charge on any atom is 0.326 e. The Kier molecular flexibility index (Phi) is 18.1. The number of amides is 5. The van der Waals surface area contributed by atoms with Gasteiger partial charge in [0.25, 0.3) is 0 Å². The molecule has 0 radical (unpaired) electrons. The second-order valence-electron chi connectivity index (χ2n) is 10.9. The third-order valence-electron chi connectivity index (χ3n) is 6.68. The number of hydrogen-bond acceptors (Lipinski definition) is 11. The Hall–Kier alpha value is -6.32. The summed E-state index contributed by atoms with van der Waals surface area (Å²) < 4.78 is 0. The van der Waals surface area contributed by atoms with Crippen LogP contribution in [-0.4, -0.2) is 123 Å². The van der Waals surface area contributed by atoms with Crippen LogP contribution >= 0.6 is 0 Å². The van der Waals surface area contributed by atoms with Crippen molar-refractivity contribution in [1.82, 2.24) is 26.6 Å². The van der Waals surface area contributed by atoms with E-state index in [9.17, 15) is 58.5 Å². The van der Waals surface area contributed by atoms with Gasteiger partial charge >= 0.3 is 23.9 Å². The van der Waals surface area contributed by atoms with Crippen molar-refractivity contribution in [2.75, 3.05) is 13.1 Å². The molecule has 0 spiro atoms. The molecule has 0 fully saturated rings. The summed E-state index contributed by atoms with van der Waals surface area (Å²) >= 11 is 0. The first-order valence-corrected chi connectivity index (χ1v) is 15.1. The van der Waals surface area contributed by atoms with Gasteiger partial charge in [-0.25, -0.2) is 4.79 Å². The van der Waals surface area contributed by atoms with E-state index in [1.165, 1.54) is 0 Å². The van der Waals surface area contributed by atoms with E-state index in [1.807, 2.05) is 5.32 Å². The maximum atomic E-state index is 13.2. The molecule has 0 bridgehead atoms. The molecule has 51 heavy (non-hydrogen) atoms. The molecule has 0 aliphatic rings. The first-order valence-electron chi connectivity index (χ1n) is 15.1. The molecule has 0 aromatic heterocycles. The number of nitrogens with two attached hydrogens (primary N) is 3. The zero-order chi connectivity index (χ0) is 38.7. The molecule has 0 aliphatic heterocycles. The topological polar surface area (TPSA) is 385 Å². The fourth-order valence-corrected chi connectivity index (χ4v) is 4.21. The van der Waals surface area contributed by atoms with E-state index < -0.39 is 109 Å². The molecular formula is C29H41N9O13. The predicted octanol–water partition coefficient (Wildman–Crippen LogP) is -4.83. The first kappa shape index (κ1) is 42.7. The van der Waals surface area contributed by atoms with Gasteiger partial charge in [0.2, 0.25) is 29.5 Å². The van der Waals surface area contributed by atoms with E-state index in [0.717, 1.165) is 0 Å². The van der Waals surface area contributed by atoms with Gasteiger partial charge in [0, 0.05) is 13.0 Å². The molecule has 22 nitrogen and oxygen atoms in total. The number of aliphatic imine (C=N–C) groups is 1.